The summed E-state index contributed by atoms with van der Waals surface area (Å²) in [4.78, 5) is 36.7. The molecule has 0 bridgehead atoms. The molecule has 1 amide bonds. The highest BCUT2D eigenvalue weighted by Crippen LogP contribution is 2.37. The predicted octanol–water partition coefficient (Wildman–Crippen LogP) is 2.55. The van der Waals surface area contributed by atoms with Gasteiger partial charge in [0.25, 0.3) is 0 Å². The van der Waals surface area contributed by atoms with Gasteiger partial charge in [0, 0.05) is 22.3 Å². The fraction of sp³-hybridized carbons (Fsp3) is 0.211. The van der Waals surface area contributed by atoms with Crippen molar-refractivity contribution < 1.29 is 19.1 Å². The largest absolute Gasteiger partial charge is 0.445 e. The monoisotopic (exact) mass is 321 g/mol. The van der Waals surface area contributed by atoms with Gasteiger partial charge < -0.3 is 10.5 Å². The maximum Gasteiger partial charge on any atom is 0.404 e. The van der Waals surface area contributed by atoms with Gasteiger partial charge in [-0.1, -0.05) is 24.3 Å². The van der Waals surface area contributed by atoms with E-state index in [1.165, 1.54) is 0 Å². The zero-order chi connectivity index (χ0) is 16.8. The second-order valence-corrected chi connectivity index (χ2v) is 6.08. The van der Waals surface area contributed by atoms with Crippen LogP contribution in [-0.2, 0) is 24.2 Å². The van der Waals surface area contributed by atoms with Crippen LogP contribution < -0.4 is 5.73 Å². The maximum atomic E-state index is 12.9. The van der Waals surface area contributed by atoms with E-state index in [0.717, 1.165) is 36.0 Å². The third-order valence-electron chi connectivity index (χ3n) is 4.75. The number of hydrogen-bond donors (Lipinski definition) is 1. The highest BCUT2D eigenvalue weighted by molar-refractivity contribution is 6.29. The molecule has 0 aromatic heterocycles. The van der Waals surface area contributed by atoms with E-state index in [1.54, 1.807) is 30.3 Å². The average Bonchev–Trinajstić information content (AvgIpc) is 3.06. The van der Waals surface area contributed by atoms with Crippen LogP contribution in [0.5, 0.6) is 0 Å². The molecule has 2 aromatic carbocycles. The molecule has 0 aliphatic heterocycles. The van der Waals surface area contributed by atoms with Gasteiger partial charge in [0.15, 0.2) is 11.6 Å². The molecule has 0 unspecified atom stereocenters. The van der Waals surface area contributed by atoms with Crippen LogP contribution in [0, 0.1) is 0 Å². The second kappa shape index (κ2) is 5.30. The van der Waals surface area contributed by atoms with Gasteiger partial charge in [-0.15, -0.1) is 0 Å². The number of carbonyl (C=O) groups is 3. The molecule has 24 heavy (non-hydrogen) atoms. The molecule has 0 atom stereocenters. The van der Waals surface area contributed by atoms with Crippen molar-refractivity contribution >= 4 is 17.7 Å². The Bertz CT molecular complexity index is 914. The smallest absolute Gasteiger partial charge is 0.404 e. The molecular formula is C19H15NO4. The summed E-state index contributed by atoms with van der Waals surface area (Å²) in [6.07, 6.45) is 1.62. The number of primary amides is 1. The van der Waals surface area contributed by atoms with Gasteiger partial charge in [0.05, 0.1) is 0 Å². The van der Waals surface area contributed by atoms with E-state index < -0.39 is 6.09 Å². The van der Waals surface area contributed by atoms with E-state index in [9.17, 15) is 14.4 Å². The summed E-state index contributed by atoms with van der Waals surface area (Å²) in [5.74, 6) is -0.254. The van der Waals surface area contributed by atoms with Crippen molar-refractivity contribution in [3.05, 3.63) is 69.3 Å². The Labute approximate surface area is 138 Å². The van der Waals surface area contributed by atoms with Crippen molar-refractivity contribution in [2.45, 2.75) is 25.9 Å². The second-order valence-electron chi connectivity index (χ2n) is 6.08. The number of rotatable bonds is 2. The van der Waals surface area contributed by atoms with Crippen molar-refractivity contribution in [2.24, 2.45) is 5.73 Å². The highest BCUT2D eigenvalue weighted by atomic mass is 16.5. The fourth-order valence-electron chi connectivity index (χ4n) is 3.75. The third kappa shape index (κ3) is 2.05. The molecule has 0 saturated heterocycles. The standard InChI is InChI=1S/C19H15NO4/c20-19(23)24-9-10-8-15-16(12-7-3-6-11(10)12)18(22)14-5-2-1-4-13(14)17(15)21/h1-2,4-5,8H,3,6-7,9H2,(H2,20,23). The molecule has 2 aromatic rings. The van der Waals surface area contributed by atoms with Crippen LogP contribution in [0.15, 0.2) is 30.3 Å². The van der Waals surface area contributed by atoms with Gasteiger partial charge in [-0.25, -0.2) is 4.79 Å². The summed E-state index contributed by atoms with van der Waals surface area (Å²) in [6.45, 7) is 0.0219. The predicted molar refractivity (Wildman–Crippen MR) is 86.1 cm³/mol. The van der Waals surface area contributed by atoms with Crippen LogP contribution in [0.2, 0.25) is 0 Å². The Hall–Kier alpha value is -2.95. The molecule has 120 valence electrons. The van der Waals surface area contributed by atoms with Crippen LogP contribution in [-0.4, -0.2) is 17.7 Å². The van der Waals surface area contributed by atoms with Crippen molar-refractivity contribution in [2.75, 3.05) is 0 Å². The first-order valence-electron chi connectivity index (χ1n) is 7.86. The molecular weight excluding hydrogens is 306 g/mol. The third-order valence-corrected chi connectivity index (χ3v) is 4.75. The van der Waals surface area contributed by atoms with Crippen molar-refractivity contribution in [1.82, 2.24) is 0 Å². The average molecular weight is 321 g/mol. The van der Waals surface area contributed by atoms with Crippen LogP contribution >= 0.6 is 0 Å². The lowest BCUT2D eigenvalue weighted by Gasteiger charge is -2.22. The molecule has 0 heterocycles. The lowest BCUT2D eigenvalue weighted by atomic mass is 9.79. The summed E-state index contributed by atoms with van der Waals surface area (Å²) in [5.41, 5.74) is 9.56. The molecule has 5 heteroatoms. The quantitative estimate of drug-likeness (QED) is 0.786. The number of ether oxygens (including phenoxy) is 1. The van der Waals surface area contributed by atoms with Gasteiger partial charge in [0.1, 0.15) is 6.61 Å². The van der Waals surface area contributed by atoms with Crippen molar-refractivity contribution in [1.29, 1.82) is 0 Å². The summed E-state index contributed by atoms with van der Waals surface area (Å²) in [5, 5.41) is 0. The maximum absolute atomic E-state index is 12.9. The minimum atomic E-state index is -0.854. The number of hydrogen-bond acceptors (Lipinski definition) is 4. The van der Waals surface area contributed by atoms with E-state index in [1.807, 2.05) is 0 Å². The van der Waals surface area contributed by atoms with Gasteiger partial charge in [0.2, 0.25) is 0 Å². The number of ketones is 2. The van der Waals surface area contributed by atoms with Gasteiger partial charge >= 0.3 is 6.09 Å². The molecule has 0 spiro atoms. The summed E-state index contributed by atoms with van der Waals surface area (Å²) >= 11 is 0. The van der Waals surface area contributed by atoms with Gasteiger partial charge in [-0.2, -0.15) is 0 Å². The van der Waals surface area contributed by atoms with Crippen LogP contribution in [0.1, 0.15) is 55.0 Å². The number of amides is 1. The van der Waals surface area contributed by atoms with Gasteiger partial charge in [-0.3, -0.25) is 9.59 Å². The van der Waals surface area contributed by atoms with Crippen molar-refractivity contribution in [3.63, 3.8) is 0 Å². The molecule has 0 fully saturated rings. The molecule has 0 radical (unpaired) electrons. The van der Waals surface area contributed by atoms with E-state index in [0.29, 0.717) is 22.3 Å². The normalized spacial score (nSPS) is 14.8. The number of carbonyl (C=O) groups excluding carboxylic acids is 3. The first kappa shape index (κ1) is 14.6. The highest BCUT2D eigenvalue weighted by Gasteiger charge is 2.34. The lowest BCUT2D eigenvalue weighted by molar-refractivity contribution is 0.0978. The van der Waals surface area contributed by atoms with E-state index in [2.05, 4.69) is 0 Å². The zero-order valence-corrected chi connectivity index (χ0v) is 12.9. The zero-order valence-electron chi connectivity index (χ0n) is 12.9. The van der Waals surface area contributed by atoms with E-state index in [-0.39, 0.29) is 18.2 Å². The molecule has 0 saturated carbocycles. The van der Waals surface area contributed by atoms with Gasteiger partial charge in [-0.05, 0) is 42.0 Å². The Kier molecular flexibility index (Phi) is 3.23. The molecule has 5 nitrogen and oxygen atoms in total. The minimum Gasteiger partial charge on any atom is -0.445 e. The minimum absolute atomic E-state index is 0.0219. The Morgan fingerprint density at radius 2 is 1.67 bits per heavy atom. The summed E-state index contributed by atoms with van der Waals surface area (Å²) in [7, 11) is 0. The SMILES string of the molecule is NC(=O)OCc1cc2c(c3c1CCC3)C(=O)c1ccccc1C2=O. The molecule has 2 N–H and O–H groups in total. The number of nitrogens with two attached hydrogens (primary N) is 1. The topological polar surface area (TPSA) is 86.5 Å². The first-order valence-corrected chi connectivity index (χ1v) is 7.86. The lowest BCUT2D eigenvalue weighted by Crippen LogP contribution is -2.23. The van der Waals surface area contributed by atoms with E-state index >= 15 is 0 Å². The first-order chi connectivity index (χ1) is 11.6. The molecule has 2 aliphatic rings. The number of fused-ring (bicyclic) bond motifs is 4. The molecule has 2 aliphatic carbocycles. The summed E-state index contributed by atoms with van der Waals surface area (Å²) in [6, 6.07) is 8.58. The fourth-order valence-corrected chi connectivity index (χ4v) is 3.75. The van der Waals surface area contributed by atoms with Crippen LogP contribution in [0.4, 0.5) is 4.79 Å². The summed E-state index contributed by atoms with van der Waals surface area (Å²) < 4.78 is 4.92. The Morgan fingerprint density at radius 1 is 1.00 bits per heavy atom. The Balaban J connectivity index is 1.92. The van der Waals surface area contributed by atoms with Crippen molar-refractivity contribution in [3.8, 4) is 0 Å². The van der Waals surface area contributed by atoms with E-state index in [4.69, 9.17) is 10.5 Å². The number of benzene rings is 2. The molecule has 4 rings (SSSR count). The van der Waals surface area contributed by atoms with Crippen LogP contribution in [0.25, 0.3) is 0 Å². The van der Waals surface area contributed by atoms with Crippen LogP contribution in [0.3, 0.4) is 0 Å². The Morgan fingerprint density at radius 3 is 2.38 bits per heavy atom.